The van der Waals surface area contributed by atoms with Crippen molar-refractivity contribution in [1.29, 1.82) is 0 Å². The molecule has 0 heterocycles. The summed E-state index contributed by atoms with van der Waals surface area (Å²) in [5, 5.41) is 0. The van der Waals surface area contributed by atoms with Gasteiger partial charge in [0, 0.05) is 6.54 Å². The second-order valence-corrected chi connectivity index (χ2v) is 4.32. The summed E-state index contributed by atoms with van der Waals surface area (Å²) in [5.74, 6) is 0.200. The zero-order chi connectivity index (χ0) is 9.61. The molecule has 0 aromatic carbocycles. The van der Waals surface area contributed by atoms with Gasteiger partial charge in [-0.3, -0.25) is 4.99 Å². The van der Waals surface area contributed by atoms with Crippen molar-refractivity contribution >= 4 is 5.96 Å². The van der Waals surface area contributed by atoms with Crippen LogP contribution in [-0.2, 0) is 0 Å². The fraction of sp³-hybridized carbons (Fsp3) is 0.889. The summed E-state index contributed by atoms with van der Waals surface area (Å²) in [6.07, 6.45) is 3.50. The van der Waals surface area contributed by atoms with Gasteiger partial charge in [0.25, 0.3) is 0 Å². The van der Waals surface area contributed by atoms with Crippen LogP contribution in [0, 0.1) is 5.41 Å². The first kappa shape index (κ1) is 11.3. The highest BCUT2D eigenvalue weighted by atomic mass is 15.0. The number of aliphatic imine (C=N–C) groups is 1. The van der Waals surface area contributed by atoms with E-state index in [0.717, 1.165) is 13.0 Å². The summed E-state index contributed by atoms with van der Waals surface area (Å²) >= 11 is 0. The van der Waals surface area contributed by atoms with Crippen LogP contribution in [-0.4, -0.2) is 12.5 Å². The van der Waals surface area contributed by atoms with Crippen LogP contribution in [0.5, 0.6) is 0 Å². The van der Waals surface area contributed by atoms with Crippen molar-refractivity contribution in [2.45, 2.75) is 40.0 Å². The topological polar surface area (TPSA) is 64.4 Å². The molecule has 0 bridgehead atoms. The molecular formula is C9H21N3. The van der Waals surface area contributed by atoms with E-state index in [-0.39, 0.29) is 5.96 Å². The molecule has 0 aromatic rings. The van der Waals surface area contributed by atoms with Gasteiger partial charge in [-0.25, -0.2) is 0 Å². The Labute approximate surface area is 75.2 Å². The average molecular weight is 171 g/mol. The minimum absolute atomic E-state index is 0.200. The van der Waals surface area contributed by atoms with Gasteiger partial charge in [-0.15, -0.1) is 0 Å². The van der Waals surface area contributed by atoms with E-state index in [2.05, 4.69) is 25.8 Å². The Morgan fingerprint density at radius 2 is 1.75 bits per heavy atom. The maximum atomic E-state index is 5.19. The molecule has 0 amide bonds. The van der Waals surface area contributed by atoms with Crippen LogP contribution in [0.1, 0.15) is 40.0 Å². The summed E-state index contributed by atoms with van der Waals surface area (Å²) in [4.78, 5) is 3.92. The highest BCUT2D eigenvalue weighted by Gasteiger charge is 2.08. The van der Waals surface area contributed by atoms with E-state index < -0.39 is 0 Å². The quantitative estimate of drug-likeness (QED) is 0.382. The summed E-state index contributed by atoms with van der Waals surface area (Å²) in [5.41, 5.74) is 10.8. The number of hydrogen-bond acceptors (Lipinski definition) is 1. The molecule has 0 fully saturated rings. The third-order valence-electron chi connectivity index (χ3n) is 1.63. The number of unbranched alkanes of at least 4 members (excludes halogenated alkanes) is 1. The predicted octanol–water partition coefficient (Wildman–Crippen LogP) is 1.48. The standard InChI is InChI=1S/C9H21N3/c1-9(2,3)6-4-5-7-12-8(10)11/h4-7H2,1-3H3,(H4,10,11,12). The van der Waals surface area contributed by atoms with Crippen molar-refractivity contribution in [2.75, 3.05) is 6.54 Å². The number of nitrogens with zero attached hydrogens (tertiary/aromatic N) is 1. The summed E-state index contributed by atoms with van der Waals surface area (Å²) in [6, 6.07) is 0. The van der Waals surface area contributed by atoms with E-state index in [0.29, 0.717) is 5.41 Å². The second-order valence-electron chi connectivity index (χ2n) is 4.32. The summed E-state index contributed by atoms with van der Waals surface area (Å²) < 4.78 is 0. The molecular weight excluding hydrogens is 150 g/mol. The molecule has 0 radical (unpaired) electrons. The maximum absolute atomic E-state index is 5.19. The van der Waals surface area contributed by atoms with Crippen LogP contribution in [0.3, 0.4) is 0 Å². The molecule has 0 aromatic heterocycles. The van der Waals surface area contributed by atoms with E-state index in [1.54, 1.807) is 0 Å². The molecule has 0 saturated heterocycles. The Bertz CT molecular complexity index is 140. The van der Waals surface area contributed by atoms with Crippen molar-refractivity contribution in [3.05, 3.63) is 0 Å². The lowest BCUT2D eigenvalue weighted by molar-refractivity contribution is 0.361. The van der Waals surface area contributed by atoms with Crippen molar-refractivity contribution < 1.29 is 0 Å². The van der Waals surface area contributed by atoms with Gasteiger partial charge in [0.05, 0.1) is 0 Å². The van der Waals surface area contributed by atoms with Gasteiger partial charge >= 0.3 is 0 Å². The Morgan fingerprint density at radius 1 is 1.17 bits per heavy atom. The number of guanidine groups is 1. The highest BCUT2D eigenvalue weighted by Crippen LogP contribution is 2.21. The molecule has 3 heteroatoms. The third kappa shape index (κ3) is 9.27. The molecule has 0 aliphatic carbocycles. The normalized spacial score (nSPS) is 11.2. The van der Waals surface area contributed by atoms with Crippen LogP contribution in [0.25, 0.3) is 0 Å². The Hall–Kier alpha value is -0.730. The van der Waals surface area contributed by atoms with Crippen molar-refractivity contribution in [1.82, 2.24) is 0 Å². The van der Waals surface area contributed by atoms with E-state index in [9.17, 15) is 0 Å². The Balaban J connectivity index is 3.29. The van der Waals surface area contributed by atoms with E-state index in [4.69, 9.17) is 11.5 Å². The molecule has 72 valence electrons. The number of rotatable bonds is 4. The molecule has 4 N–H and O–H groups in total. The largest absolute Gasteiger partial charge is 0.370 e. The molecule has 0 saturated carbocycles. The molecule has 0 aliphatic rings. The Kier molecular flexibility index (Phi) is 4.71. The monoisotopic (exact) mass is 171 g/mol. The summed E-state index contributed by atoms with van der Waals surface area (Å²) in [6.45, 7) is 7.49. The summed E-state index contributed by atoms with van der Waals surface area (Å²) in [7, 11) is 0. The lowest BCUT2D eigenvalue weighted by Crippen LogP contribution is -2.22. The smallest absolute Gasteiger partial charge is 0.185 e. The molecule has 0 unspecified atom stereocenters. The van der Waals surface area contributed by atoms with E-state index in [1.165, 1.54) is 12.8 Å². The predicted molar refractivity (Wildman–Crippen MR) is 54.0 cm³/mol. The van der Waals surface area contributed by atoms with E-state index >= 15 is 0 Å². The van der Waals surface area contributed by atoms with Crippen LogP contribution in [0.4, 0.5) is 0 Å². The lowest BCUT2D eigenvalue weighted by atomic mass is 9.90. The SMILES string of the molecule is CC(C)(C)CCCCN=C(N)N. The second kappa shape index (κ2) is 5.01. The first-order valence-electron chi connectivity index (χ1n) is 4.47. The third-order valence-corrected chi connectivity index (χ3v) is 1.63. The molecule has 0 atom stereocenters. The fourth-order valence-electron chi connectivity index (χ4n) is 0.975. The van der Waals surface area contributed by atoms with Gasteiger partial charge in [-0.05, 0) is 18.3 Å². The highest BCUT2D eigenvalue weighted by molar-refractivity contribution is 5.75. The number of nitrogens with two attached hydrogens (primary N) is 2. The zero-order valence-corrected chi connectivity index (χ0v) is 8.43. The zero-order valence-electron chi connectivity index (χ0n) is 8.43. The first-order valence-corrected chi connectivity index (χ1v) is 4.47. The van der Waals surface area contributed by atoms with Gasteiger partial charge in [0.15, 0.2) is 5.96 Å². The fourth-order valence-corrected chi connectivity index (χ4v) is 0.975. The number of hydrogen-bond donors (Lipinski definition) is 2. The molecule has 3 nitrogen and oxygen atoms in total. The van der Waals surface area contributed by atoms with Crippen LogP contribution in [0.15, 0.2) is 4.99 Å². The first-order chi connectivity index (χ1) is 5.42. The minimum Gasteiger partial charge on any atom is -0.370 e. The van der Waals surface area contributed by atoms with Crippen LogP contribution < -0.4 is 11.5 Å². The van der Waals surface area contributed by atoms with E-state index in [1.807, 2.05) is 0 Å². The molecule has 0 spiro atoms. The lowest BCUT2D eigenvalue weighted by Gasteiger charge is -2.16. The van der Waals surface area contributed by atoms with Crippen molar-refractivity contribution in [3.63, 3.8) is 0 Å². The van der Waals surface area contributed by atoms with Crippen molar-refractivity contribution in [2.24, 2.45) is 21.9 Å². The average Bonchev–Trinajstić information content (AvgIpc) is 1.83. The van der Waals surface area contributed by atoms with Gasteiger partial charge in [-0.1, -0.05) is 27.2 Å². The van der Waals surface area contributed by atoms with Crippen LogP contribution in [0.2, 0.25) is 0 Å². The molecule has 12 heavy (non-hydrogen) atoms. The van der Waals surface area contributed by atoms with Gasteiger partial charge < -0.3 is 11.5 Å². The molecule has 0 aliphatic heterocycles. The maximum Gasteiger partial charge on any atom is 0.185 e. The van der Waals surface area contributed by atoms with Crippen molar-refractivity contribution in [3.8, 4) is 0 Å². The van der Waals surface area contributed by atoms with Gasteiger partial charge in [0.2, 0.25) is 0 Å². The van der Waals surface area contributed by atoms with Gasteiger partial charge in [0.1, 0.15) is 0 Å². The van der Waals surface area contributed by atoms with Gasteiger partial charge in [-0.2, -0.15) is 0 Å². The Morgan fingerprint density at radius 3 is 2.17 bits per heavy atom. The van der Waals surface area contributed by atoms with Crippen LogP contribution >= 0.6 is 0 Å². The minimum atomic E-state index is 0.200. The molecule has 0 rings (SSSR count).